The largest absolute Gasteiger partial charge is 0.300 e. The van der Waals surface area contributed by atoms with Crippen molar-refractivity contribution >= 4 is 5.78 Å². The van der Waals surface area contributed by atoms with Crippen LogP contribution >= 0.6 is 0 Å². The van der Waals surface area contributed by atoms with E-state index in [1.54, 1.807) is 6.92 Å². The van der Waals surface area contributed by atoms with Gasteiger partial charge >= 0.3 is 0 Å². The second-order valence-corrected chi connectivity index (χ2v) is 4.69. The van der Waals surface area contributed by atoms with E-state index in [4.69, 9.17) is 5.26 Å². The highest BCUT2D eigenvalue weighted by Gasteiger charge is 2.23. The van der Waals surface area contributed by atoms with Gasteiger partial charge in [-0.3, -0.25) is 0 Å². The average molecular weight is 207 g/mol. The zero-order valence-electron chi connectivity index (χ0n) is 10.3. The smallest absolute Gasteiger partial charge is 0.129 e. The van der Waals surface area contributed by atoms with Crippen LogP contribution in [-0.2, 0) is 4.79 Å². The van der Waals surface area contributed by atoms with Gasteiger partial charge in [-0.05, 0) is 47.0 Å². The van der Waals surface area contributed by atoms with E-state index in [9.17, 15) is 4.79 Å². The zero-order valence-corrected chi connectivity index (χ0v) is 10.3. The summed E-state index contributed by atoms with van der Waals surface area (Å²) in [6.45, 7) is 7.63. The standard InChI is InChI=1S/C13H21NO/c1-11(2)6-5-8-13(4,10-14)9-7-12(3)15/h6H,5,7-9H2,1-4H3. The van der Waals surface area contributed by atoms with Crippen LogP contribution in [0, 0.1) is 16.7 Å². The SMILES string of the molecule is CC(=O)CCC(C)(C#N)CCC=C(C)C. The molecule has 0 N–H and O–H groups in total. The van der Waals surface area contributed by atoms with Crippen LogP contribution in [0.2, 0.25) is 0 Å². The van der Waals surface area contributed by atoms with Crippen LogP contribution in [0.1, 0.15) is 53.4 Å². The zero-order chi connectivity index (χ0) is 11.9. The van der Waals surface area contributed by atoms with Gasteiger partial charge in [0.2, 0.25) is 0 Å². The summed E-state index contributed by atoms with van der Waals surface area (Å²) < 4.78 is 0. The highest BCUT2D eigenvalue weighted by molar-refractivity contribution is 5.75. The Morgan fingerprint density at radius 1 is 1.33 bits per heavy atom. The van der Waals surface area contributed by atoms with E-state index in [0.717, 1.165) is 12.8 Å². The topological polar surface area (TPSA) is 40.9 Å². The second kappa shape index (κ2) is 6.40. The molecule has 0 saturated carbocycles. The van der Waals surface area contributed by atoms with Gasteiger partial charge in [0.1, 0.15) is 5.78 Å². The predicted octanol–water partition coefficient (Wildman–Crippen LogP) is 3.63. The van der Waals surface area contributed by atoms with Gasteiger partial charge in [0, 0.05) is 6.42 Å². The first-order valence-electron chi connectivity index (χ1n) is 5.44. The fraction of sp³-hybridized carbons (Fsp3) is 0.692. The number of carbonyl (C=O) groups is 1. The number of hydrogen-bond donors (Lipinski definition) is 0. The van der Waals surface area contributed by atoms with Crippen molar-refractivity contribution in [3.05, 3.63) is 11.6 Å². The highest BCUT2D eigenvalue weighted by atomic mass is 16.1. The van der Waals surface area contributed by atoms with Crippen LogP contribution in [-0.4, -0.2) is 5.78 Å². The molecular formula is C13H21NO. The molecule has 0 fully saturated rings. The van der Waals surface area contributed by atoms with Crippen molar-refractivity contribution in [3.8, 4) is 6.07 Å². The quantitative estimate of drug-likeness (QED) is 0.624. The molecule has 0 radical (unpaired) electrons. The molecule has 0 aromatic carbocycles. The molecule has 0 bridgehead atoms. The van der Waals surface area contributed by atoms with Gasteiger partial charge in [-0.25, -0.2) is 0 Å². The summed E-state index contributed by atoms with van der Waals surface area (Å²) in [5.41, 5.74) is 0.930. The molecular weight excluding hydrogens is 186 g/mol. The number of Topliss-reactive ketones (excluding diaryl/α,β-unsaturated/α-hetero) is 1. The molecule has 0 aliphatic rings. The lowest BCUT2D eigenvalue weighted by Crippen LogP contribution is -2.14. The molecule has 0 heterocycles. The van der Waals surface area contributed by atoms with Crippen LogP contribution in [0.4, 0.5) is 0 Å². The Balaban J connectivity index is 4.14. The van der Waals surface area contributed by atoms with Gasteiger partial charge in [-0.1, -0.05) is 11.6 Å². The Morgan fingerprint density at radius 3 is 2.33 bits per heavy atom. The Morgan fingerprint density at radius 2 is 1.93 bits per heavy atom. The van der Waals surface area contributed by atoms with Crippen molar-refractivity contribution in [2.45, 2.75) is 53.4 Å². The van der Waals surface area contributed by atoms with Gasteiger partial charge in [0.15, 0.2) is 0 Å². The van der Waals surface area contributed by atoms with Crippen molar-refractivity contribution in [3.63, 3.8) is 0 Å². The van der Waals surface area contributed by atoms with Crippen molar-refractivity contribution in [2.75, 3.05) is 0 Å². The number of hydrogen-bond acceptors (Lipinski definition) is 2. The minimum atomic E-state index is -0.350. The summed E-state index contributed by atoms with van der Waals surface area (Å²) in [7, 11) is 0. The first kappa shape index (κ1) is 13.9. The van der Waals surface area contributed by atoms with Crippen LogP contribution in [0.3, 0.4) is 0 Å². The molecule has 0 aliphatic carbocycles. The lowest BCUT2D eigenvalue weighted by Gasteiger charge is -2.19. The Bertz CT molecular complexity index is 281. The van der Waals surface area contributed by atoms with E-state index in [1.165, 1.54) is 5.57 Å². The molecule has 2 nitrogen and oxygen atoms in total. The summed E-state index contributed by atoms with van der Waals surface area (Å²) in [4.78, 5) is 10.9. The maximum Gasteiger partial charge on any atom is 0.129 e. The Hall–Kier alpha value is -1.10. The molecule has 1 atom stereocenters. The number of rotatable bonds is 6. The normalized spacial score (nSPS) is 13.8. The van der Waals surface area contributed by atoms with Gasteiger partial charge in [0.25, 0.3) is 0 Å². The van der Waals surface area contributed by atoms with E-state index in [2.05, 4.69) is 26.0 Å². The Labute approximate surface area is 93.0 Å². The minimum Gasteiger partial charge on any atom is -0.300 e. The van der Waals surface area contributed by atoms with Gasteiger partial charge in [0.05, 0.1) is 11.5 Å². The molecule has 0 rings (SSSR count). The predicted molar refractivity (Wildman–Crippen MR) is 62.3 cm³/mol. The average Bonchev–Trinajstić information content (AvgIpc) is 2.14. The number of nitrogens with zero attached hydrogens (tertiary/aromatic N) is 1. The third kappa shape index (κ3) is 6.90. The minimum absolute atomic E-state index is 0.165. The summed E-state index contributed by atoms with van der Waals surface area (Å²) in [6.07, 6.45) is 5.09. The third-order valence-electron chi connectivity index (χ3n) is 2.55. The number of carbonyl (C=O) groups excluding carboxylic acids is 1. The van der Waals surface area contributed by atoms with E-state index in [1.807, 2.05) is 6.92 Å². The van der Waals surface area contributed by atoms with Crippen molar-refractivity contribution in [1.29, 1.82) is 5.26 Å². The molecule has 15 heavy (non-hydrogen) atoms. The molecule has 0 aromatic heterocycles. The molecule has 0 aromatic rings. The van der Waals surface area contributed by atoms with Crippen molar-refractivity contribution in [1.82, 2.24) is 0 Å². The maximum absolute atomic E-state index is 10.9. The van der Waals surface area contributed by atoms with Gasteiger partial charge < -0.3 is 4.79 Å². The van der Waals surface area contributed by atoms with E-state index < -0.39 is 0 Å². The van der Waals surface area contributed by atoms with Crippen LogP contribution in [0.15, 0.2) is 11.6 Å². The van der Waals surface area contributed by atoms with E-state index in [0.29, 0.717) is 12.8 Å². The first-order chi connectivity index (χ1) is 6.89. The van der Waals surface area contributed by atoms with Crippen molar-refractivity contribution < 1.29 is 4.79 Å². The van der Waals surface area contributed by atoms with E-state index >= 15 is 0 Å². The summed E-state index contributed by atoms with van der Waals surface area (Å²) >= 11 is 0. The Kier molecular flexibility index (Phi) is 5.93. The molecule has 84 valence electrons. The monoisotopic (exact) mass is 207 g/mol. The van der Waals surface area contributed by atoms with Gasteiger partial charge in [-0.2, -0.15) is 5.26 Å². The number of ketones is 1. The fourth-order valence-corrected chi connectivity index (χ4v) is 1.37. The molecule has 1 unspecified atom stereocenters. The van der Waals surface area contributed by atoms with Crippen molar-refractivity contribution in [2.24, 2.45) is 5.41 Å². The fourth-order valence-electron chi connectivity index (χ4n) is 1.37. The number of nitriles is 1. The highest BCUT2D eigenvalue weighted by Crippen LogP contribution is 2.28. The van der Waals surface area contributed by atoms with Crippen LogP contribution in [0.5, 0.6) is 0 Å². The second-order valence-electron chi connectivity index (χ2n) is 4.69. The number of allylic oxidation sites excluding steroid dienone is 2. The summed E-state index contributed by atoms with van der Waals surface area (Å²) in [5, 5.41) is 9.08. The lowest BCUT2D eigenvalue weighted by atomic mass is 9.82. The summed E-state index contributed by atoms with van der Waals surface area (Å²) in [5.74, 6) is 0.165. The molecule has 0 saturated heterocycles. The molecule has 0 amide bonds. The molecule has 2 heteroatoms. The molecule has 0 spiro atoms. The van der Waals surface area contributed by atoms with Crippen LogP contribution < -0.4 is 0 Å². The molecule has 0 aliphatic heterocycles. The van der Waals surface area contributed by atoms with E-state index in [-0.39, 0.29) is 11.2 Å². The maximum atomic E-state index is 10.9. The first-order valence-corrected chi connectivity index (χ1v) is 5.44. The third-order valence-corrected chi connectivity index (χ3v) is 2.55. The van der Waals surface area contributed by atoms with Gasteiger partial charge in [-0.15, -0.1) is 0 Å². The summed E-state index contributed by atoms with van der Waals surface area (Å²) in [6, 6.07) is 2.33. The lowest BCUT2D eigenvalue weighted by molar-refractivity contribution is -0.117. The van der Waals surface area contributed by atoms with Crippen LogP contribution in [0.25, 0.3) is 0 Å².